The van der Waals surface area contributed by atoms with Crippen molar-refractivity contribution in [2.75, 3.05) is 20.3 Å². The Morgan fingerprint density at radius 1 is 1.39 bits per heavy atom. The molecule has 1 aliphatic rings. The highest BCUT2D eigenvalue weighted by Crippen LogP contribution is 2.30. The van der Waals surface area contributed by atoms with Gasteiger partial charge in [0.05, 0.1) is 6.04 Å². The van der Waals surface area contributed by atoms with E-state index in [1.165, 1.54) is 0 Å². The van der Waals surface area contributed by atoms with Crippen LogP contribution in [0.2, 0.25) is 0 Å². The minimum absolute atomic E-state index is 0.0788. The zero-order valence-electron chi connectivity index (χ0n) is 10.7. The first-order valence-electron chi connectivity index (χ1n) is 5.97. The van der Waals surface area contributed by atoms with Crippen molar-refractivity contribution in [2.45, 2.75) is 19.5 Å². The van der Waals surface area contributed by atoms with Gasteiger partial charge in [0.2, 0.25) is 5.91 Å². The Morgan fingerprint density at radius 2 is 2.06 bits per heavy atom. The normalized spacial score (nSPS) is 15.1. The molecule has 1 aliphatic heterocycles. The lowest BCUT2D eigenvalue weighted by atomic mass is 10.1. The number of amides is 1. The minimum atomic E-state index is -0.479. The van der Waals surface area contributed by atoms with Gasteiger partial charge in [-0.1, -0.05) is 6.07 Å². The van der Waals surface area contributed by atoms with Gasteiger partial charge in [-0.25, -0.2) is 0 Å². The average Bonchev–Trinajstić information content (AvgIpc) is 2.37. The number of carbonyl (C=O) groups excluding carboxylic acids is 1. The fourth-order valence-corrected chi connectivity index (χ4v) is 1.89. The summed E-state index contributed by atoms with van der Waals surface area (Å²) in [6.45, 7) is 3.33. The fourth-order valence-electron chi connectivity index (χ4n) is 1.89. The van der Waals surface area contributed by atoms with Crippen molar-refractivity contribution in [3.8, 4) is 11.5 Å². The molecule has 0 bridgehead atoms. The molecular formula is C13H18N2O3. The highest BCUT2D eigenvalue weighted by atomic mass is 16.6. The van der Waals surface area contributed by atoms with Crippen molar-refractivity contribution in [1.82, 2.24) is 4.90 Å². The summed E-state index contributed by atoms with van der Waals surface area (Å²) in [6.07, 6.45) is 0. The van der Waals surface area contributed by atoms with E-state index in [-0.39, 0.29) is 5.91 Å². The maximum atomic E-state index is 11.7. The molecule has 0 radical (unpaired) electrons. The molecule has 1 aromatic carbocycles. The van der Waals surface area contributed by atoms with Crippen molar-refractivity contribution < 1.29 is 14.3 Å². The maximum absolute atomic E-state index is 11.7. The Labute approximate surface area is 106 Å². The summed E-state index contributed by atoms with van der Waals surface area (Å²) in [5.74, 6) is 1.41. The largest absolute Gasteiger partial charge is 0.486 e. The second-order valence-electron chi connectivity index (χ2n) is 4.46. The number of hydrogen-bond acceptors (Lipinski definition) is 4. The number of benzene rings is 1. The predicted molar refractivity (Wildman–Crippen MR) is 67.6 cm³/mol. The summed E-state index contributed by atoms with van der Waals surface area (Å²) >= 11 is 0. The molecule has 2 rings (SSSR count). The van der Waals surface area contributed by atoms with Gasteiger partial charge in [-0.3, -0.25) is 4.79 Å². The van der Waals surface area contributed by atoms with E-state index in [9.17, 15) is 4.79 Å². The Morgan fingerprint density at radius 3 is 2.72 bits per heavy atom. The fraction of sp³-hybridized carbons (Fsp3) is 0.462. The molecule has 0 aromatic heterocycles. The number of likely N-dealkylation sites (N-methyl/N-ethyl adjacent to an activating group) is 1. The molecule has 1 atom stereocenters. The van der Waals surface area contributed by atoms with E-state index in [1.807, 2.05) is 18.2 Å². The molecule has 2 N–H and O–H groups in total. The lowest BCUT2D eigenvalue weighted by molar-refractivity contribution is -0.131. The van der Waals surface area contributed by atoms with E-state index in [4.69, 9.17) is 15.2 Å². The molecule has 0 spiro atoms. The average molecular weight is 250 g/mol. The molecule has 98 valence electrons. The van der Waals surface area contributed by atoms with E-state index in [2.05, 4.69) is 0 Å². The Balaban J connectivity index is 2.08. The summed E-state index contributed by atoms with van der Waals surface area (Å²) in [6, 6.07) is 5.22. The molecule has 5 heteroatoms. The highest BCUT2D eigenvalue weighted by Gasteiger charge is 2.16. The number of nitrogens with zero attached hydrogens (tertiary/aromatic N) is 1. The van der Waals surface area contributed by atoms with Crippen molar-refractivity contribution in [1.29, 1.82) is 0 Å². The van der Waals surface area contributed by atoms with Crippen LogP contribution in [0.5, 0.6) is 11.5 Å². The van der Waals surface area contributed by atoms with Gasteiger partial charge in [0.25, 0.3) is 0 Å². The van der Waals surface area contributed by atoms with E-state index < -0.39 is 6.04 Å². The Bertz CT molecular complexity index is 446. The first kappa shape index (κ1) is 12.7. The minimum Gasteiger partial charge on any atom is -0.486 e. The van der Waals surface area contributed by atoms with Crippen LogP contribution in [-0.4, -0.2) is 37.1 Å². The summed E-state index contributed by atoms with van der Waals surface area (Å²) in [5.41, 5.74) is 6.56. The van der Waals surface area contributed by atoms with Gasteiger partial charge in [-0.15, -0.1) is 0 Å². The van der Waals surface area contributed by atoms with E-state index in [0.29, 0.717) is 19.8 Å². The lowest BCUT2D eigenvalue weighted by Crippen LogP contribution is -2.39. The summed E-state index contributed by atoms with van der Waals surface area (Å²) in [4.78, 5) is 13.3. The van der Waals surface area contributed by atoms with E-state index in [0.717, 1.165) is 17.1 Å². The highest BCUT2D eigenvalue weighted by molar-refractivity contribution is 5.80. The number of hydrogen-bond donors (Lipinski definition) is 1. The number of ether oxygens (including phenoxy) is 2. The second kappa shape index (κ2) is 5.27. The van der Waals surface area contributed by atoms with Crippen molar-refractivity contribution >= 4 is 5.91 Å². The van der Waals surface area contributed by atoms with Crippen LogP contribution in [0.15, 0.2) is 18.2 Å². The standard InChI is InChI=1S/C13H18N2O3/c1-9(14)13(16)15(2)8-10-3-4-11-12(7-10)18-6-5-17-11/h3-4,7,9H,5-6,8,14H2,1-2H3/t9-/m1/s1. The molecule has 5 nitrogen and oxygen atoms in total. The van der Waals surface area contributed by atoms with Crippen LogP contribution in [0.1, 0.15) is 12.5 Å². The van der Waals surface area contributed by atoms with Crippen LogP contribution in [0.3, 0.4) is 0 Å². The van der Waals surface area contributed by atoms with Gasteiger partial charge in [0.1, 0.15) is 13.2 Å². The summed E-state index contributed by atoms with van der Waals surface area (Å²) < 4.78 is 10.9. The molecule has 0 aliphatic carbocycles. The lowest BCUT2D eigenvalue weighted by Gasteiger charge is -2.22. The third-order valence-electron chi connectivity index (χ3n) is 2.79. The molecule has 0 saturated carbocycles. The third kappa shape index (κ3) is 2.73. The number of rotatable bonds is 3. The predicted octanol–water partition coefficient (Wildman–Crippen LogP) is 0.763. The van der Waals surface area contributed by atoms with Crippen molar-refractivity contribution in [3.05, 3.63) is 23.8 Å². The van der Waals surface area contributed by atoms with Crippen LogP contribution in [0, 0.1) is 0 Å². The van der Waals surface area contributed by atoms with Crippen LogP contribution in [0.4, 0.5) is 0 Å². The quantitative estimate of drug-likeness (QED) is 0.860. The molecule has 18 heavy (non-hydrogen) atoms. The number of nitrogens with two attached hydrogens (primary N) is 1. The monoisotopic (exact) mass is 250 g/mol. The number of fused-ring (bicyclic) bond motifs is 1. The van der Waals surface area contributed by atoms with Crippen LogP contribution in [0.25, 0.3) is 0 Å². The molecule has 1 aromatic rings. The van der Waals surface area contributed by atoms with E-state index in [1.54, 1.807) is 18.9 Å². The third-order valence-corrected chi connectivity index (χ3v) is 2.79. The van der Waals surface area contributed by atoms with Gasteiger partial charge in [-0.05, 0) is 24.6 Å². The SMILES string of the molecule is C[C@@H](N)C(=O)N(C)Cc1ccc2c(c1)OCCO2. The summed E-state index contributed by atoms with van der Waals surface area (Å²) in [7, 11) is 1.74. The van der Waals surface area contributed by atoms with Crippen LogP contribution < -0.4 is 15.2 Å². The molecule has 0 fully saturated rings. The van der Waals surface area contributed by atoms with Gasteiger partial charge in [-0.2, -0.15) is 0 Å². The topological polar surface area (TPSA) is 64.8 Å². The number of carbonyl (C=O) groups is 1. The van der Waals surface area contributed by atoms with Crippen molar-refractivity contribution in [2.24, 2.45) is 5.73 Å². The van der Waals surface area contributed by atoms with Crippen LogP contribution in [-0.2, 0) is 11.3 Å². The Hall–Kier alpha value is -1.75. The molecular weight excluding hydrogens is 232 g/mol. The van der Waals surface area contributed by atoms with E-state index >= 15 is 0 Å². The van der Waals surface area contributed by atoms with Gasteiger partial charge in [0.15, 0.2) is 11.5 Å². The first-order valence-corrected chi connectivity index (χ1v) is 5.97. The van der Waals surface area contributed by atoms with Crippen LogP contribution >= 0.6 is 0 Å². The van der Waals surface area contributed by atoms with Crippen molar-refractivity contribution in [3.63, 3.8) is 0 Å². The molecule has 0 unspecified atom stereocenters. The molecule has 0 saturated heterocycles. The molecule has 1 heterocycles. The molecule has 1 amide bonds. The van der Waals surface area contributed by atoms with Gasteiger partial charge < -0.3 is 20.1 Å². The first-order chi connectivity index (χ1) is 8.58. The smallest absolute Gasteiger partial charge is 0.239 e. The maximum Gasteiger partial charge on any atom is 0.239 e. The second-order valence-corrected chi connectivity index (χ2v) is 4.46. The zero-order valence-corrected chi connectivity index (χ0v) is 10.7. The zero-order chi connectivity index (χ0) is 13.1. The van der Waals surface area contributed by atoms with Gasteiger partial charge >= 0.3 is 0 Å². The Kier molecular flexibility index (Phi) is 3.72. The summed E-state index contributed by atoms with van der Waals surface area (Å²) in [5, 5.41) is 0. The van der Waals surface area contributed by atoms with Gasteiger partial charge in [0, 0.05) is 13.6 Å².